The molecule has 3 rings (SSSR count). The zero-order chi connectivity index (χ0) is 20.1. The second-order valence-electron chi connectivity index (χ2n) is 6.04. The maximum Gasteiger partial charge on any atom is 0.347 e. The fourth-order valence-corrected chi connectivity index (χ4v) is 2.74. The van der Waals surface area contributed by atoms with E-state index in [9.17, 15) is 9.59 Å². The number of hydrogen-bond donors (Lipinski definition) is 1. The summed E-state index contributed by atoms with van der Waals surface area (Å²) in [6.45, 7) is 5.90. The highest BCUT2D eigenvalue weighted by Crippen LogP contribution is 2.32. The average Bonchev–Trinajstić information content (AvgIpc) is 2.69. The first-order valence-electron chi connectivity index (χ1n) is 9.13. The van der Waals surface area contributed by atoms with Crippen molar-refractivity contribution < 1.29 is 19.0 Å². The van der Waals surface area contributed by atoms with Crippen molar-refractivity contribution in [3.8, 4) is 22.9 Å². The van der Waals surface area contributed by atoms with E-state index in [0.29, 0.717) is 40.4 Å². The van der Waals surface area contributed by atoms with E-state index in [1.54, 1.807) is 50.2 Å². The van der Waals surface area contributed by atoms with Gasteiger partial charge in [0.15, 0.2) is 17.6 Å². The second kappa shape index (κ2) is 8.56. The zero-order valence-corrected chi connectivity index (χ0v) is 16.0. The highest BCUT2D eigenvalue weighted by molar-refractivity contribution is 5.79. The van der Waals surface area contributed by atoms with Gasteiger partial charge in [-0.2, -0.15) is 0 Å². The molecule has 28 heavy (non-hydrogen) atoms. The highest BCUT2D eigenvalue weighted by Gasteiger charge is 2.19. The molecule has 0 aliphatic carbocycles. The number of benzene rings is 2. The number of nitrogens with zero attached hydrogens (tertiary/aromatic N) is 1. The monoisotopic (exact) mass is 382 g/mol. The van der Waals surface area contributed by atoms with Crippen LogP contribution in [0.1, 0.15) is 20.8 Å². The number of aromatic nitrogens is 2. The molecule has 1 N–H and O–H groups in total. The van der Waals surface area contributed by atoms with Crippen LogP contribution >= 0.6 is 0 Å². The number of ether oxygens (including phenoxy) is 3. The molecule has 0 aliphatic heterocycles. The van der Waals surface area contributed by atoms with Crippen LogP contribution in [0.5, 0.6) is 11.5 Å². The lowest BCUT2D eigenvalue weighted by Crippen LogP contribution is -2.26. The van der Waals surface area contributed by atoms with Gasteiger partial charge in [0.05, 0.1) is 24.1 Å². The molecule has 1 aromatic heterocycles. The molecule has 0 saturated carbocycles. The van der Waals surface area contributed by atoms with E-state index in [1.165, 1.54) is 0 Å². The van der Waals surface area contributed by atoms with Crippen LogP contribution in [0, 0.1) is 0 Å². The topological polar surface area (TPSA) is 90.5 Å². The molecule has 7 nitrogen and oxygen atoms in total. The Hall–Kier alpha value is -3.35. The predicted molar refractivity (Wildman–Crippen MR) is 106 cm³/mol. The molecule has 7 heteroatoms. The van der Waals surface area contributed by atoms with Crippen LogP contribution in [0.3, 0.4) is 0 Å². The zero-order valence-electron chi connectivity index (χ0n) is 16.0. The Kier molecular flexibility index (Phi) is 5.93. The first kappa shape index (κ1) is 19.4. The SMILES string of the molecule is CCOC(=O)C(C)Oc1ccc(-c2nc3ccccc3c(=O)[nH]2)cc1OCC. The smallest absolute Gasteiger partial charge is 0.347 e. The third kappa shape index (κ3) is 4.14. The van der Waals surface area contributed by atoms with Gasteiger partial charge in [-0.25, -0.2) is 9.78 Å². The molecule has 0 radical (unpaired) electrons. The first-order chi connectivity index (χ1) is 13.5. The summed E-state index contributed by atoms with van der Waals surface area (Å²) in [6, 6.07) is 12.3. The molecule has 1 unspecified atom stereocenters. The molecule has 1 atom stereocenters. The summed E-state index contributed by atoms with van der Waals surface area (Å²) in [5.74, 6) is 0.838. The van der Waals surface area contributed by atoms with Gasteiger partial charge in [-0.05, 0) is 51.1 Å². The van der Waals surface area contributed by atoms with E-state index in [2.05, 4.69) is 9.97 Å². The summed E-state index contributed by atoms with van der Waals surface area (Å²) >= 11 is 0. The van der Waals surface area contributed by atoms with Gasteiger partial charge in [0, 0.05) is 5.56 Å². The number of rotatable bonds is 7. The maximum absolute atomic E-state index is 12.3. The summed E-state index contributed by atoms with van der Waals surface area (Å²) in [7, 11) is 0. The number of aromatic amines is 1. The normalized spacial score (nSPS) is 11.8. The average molecular weight is 382 g/mol. The second-order valence-corrected chi connectivity index (χ2v) is 6.04. The molecule has 0 saturated heterocycles. The first-order valence-corrected chi connectivity index (χ1v) is 9.13. The largest absolute Gasteiger partial charge is 0.490 e. The molecule has 1 heterocycles. The van der Waals surface area contributed by atoms with Crippen molar-refractivity contribution in [1.29, 1.82) is 0 Å². The number of para-hydroxylation sites is 1. The van der Waals surface area contributed by atoms with E-state index in [0.717, 1.165) is 0 Å². The quantitative estimate of drug-likeness (QED) is 0.631. The summed E-state index contributed by atoms with van der Waals surface area (Å²) in [5.41, 5.74) is 1.06. The lowest BCUT2D eigenvalue weighted by atomic mass is 10.1. The highest BCUT2D eigenvalue weighted by atomic mass is 16.6. The lowest BCUT2D eigenvalue weighted by molar-refractivity contribution is -0.150. The Morgan fingerprint density at radius 2 is 1.89 bits per heavy atom. The van der Waals surface area contributed by atoms with Gasteiger partial charge in [-0.15, -0.1) is 0 Å². The van der Waals surface area contributed by atoms with E-state index in [1.807, 2.05) is 13.0 Å². The molecule has 0 spiro atoms. The van der Waals surface area contributed by atoms with Gasteiger partial charge in [0.2, 0.25) is 0 Å². The van der Waals surface area contributed by atoms with E-state index in [4.69, 9.17) is 14.2 Å². The number of carbonyl (C=O) groups excluding carboxylic acids is 1. The molecular weight excluding hydrogens is 360 g/mol. The van der Waals surface area contributed by atoms with Crippen molar-refractivity contribution in [2.24, 2.45) is 0 Å². The lowest BCUT2D eigenvalue weighted by Gasteiger charge is -2.17. The van der Waals surface area contributed by atoms with Crippen molar-refractivity contribution in [3.63, 3.8) is 0 Å². The molecule has 3 aromatic rings. The van der Waals surface area contributed by atoms with Crippen LogP contribution in [0.2, 0.25) is 0 Å². The molecule has 0 amide bonds. The molecule has 0 aliphatic rings. The van der Waals surface area contributed by atoms with Crippen molar-refractivity contribution in [2.45, 2.75) is 26.9 Å². The van der Waals surface area contributed by atoms with Crippen molar-refractivity contribution in [2.75, 3.05) is 13.2 Å². The van der Waals surface area contributed by atoms with Crippen LogP contribution in [0.25, 0.3) is 22.3 Å². The number of nitrogens with one attached hydrogen (secondary N) is 1. The van der Waals surface area contributed by atoms with Crippen LogP contribution in [-0.2, 0) is 9.53 Å². The number of fused-ring (bicyclic) bond motifs is 1. The number of esters is 1. The Bertz CT molecular complexity index is 1040. The summed E-state index contributed by atoms with van der Waals surface area (Å²) in [4.78, 5) is 31.5. The van der Waals surface area contributed by atoms with Gasteiger partial charge in [-0.3, -0.25) is 4.79 Å². The Balaban J connectivity index is 1.96. The molecule has 0 bridgehead atoms. The number of hydrogen-bond acceptors (Lipinski definition) is 6. The van der Waals surface area contributed by atoms with Gasteiger partial charge in [0.1, 0.15) is 5.82 Å². The molecule has 2 aromatic carbocycles. The van der Waals surface area contributed by atoms with Gasteiger partial charge in [0.25, 0.3) is 5.56 Å². The van der Waals surface area contributed by atoms with Crippen molar-refractivity contribution in [3.05, 3.63) is 52.8 Å². The maximum atomic E-state index is 12.3. The third-order valence-electron chi connectivity index (χ3n) is 4.05. The molecule has 146 valence electrons. The van der Waals surface area contributed by atoms with Crippen LogP contribution in [0.4, 0.5) is 0 Å². The Morgan fingerprint density at radius 3 is 2.64 bits per heavy atom. The minimum atomic E-state index is -0.774. The molecule has 0 fully saturated rings. The third-order valence-corrected chi connectivity index (χ3v) is 4.05. The van der Waals surface area contributed by atoms with Crippen LogP contribution < -0.4 is 15.0 Å². The fourth-order valence-electron chi connectivity index (χ4n) is 2.74. The van der Waals surface area contributed by atoms with Gasteiger partial charge >= 0.3 is 5.97 Å². The van der Waals surface area contributed by atoms with E-state index in [-0.39, 0.29) is 12.2 Å². The fraction of sp³-hybridized carbons (Fsp3) is 0.286. The minimum absolute atomic E-state index is 0.213. The summed E-state index contributed by atoms with van der Waals surface area (Å²) in [6.07, 6.45) is -0.774. The van der Waals surface area contributed by atoms with Gasteiger partial charge in [-0.1, -0.05) is 12.1 Å². The number of carbonyl (C=O) groups is 1. The van der Waals surface area contributed by atoms with Crippen molar-refractivity contribution in [1.82, 2.24) is 9.97 Å². The predicted octanol–water partition coefficient (Wildman–Crippen LogP) is 3.32. The summed E-state index contributed by atoms with van der Waals surface area (Å²) in [5, 5.41) is 0.527. The molecular formula is C21H22N2O5. The van der Waals surface area contributed by atoms with E-state index < -0.39 is 12.1 Å². The van der Waals surface area contributed by atoms with Crippen LogP contribution in [-0.4, -0.2) is 35.3 Å². The van der Waals surface area contributed by atoms with Crippen molar-refractivity contribution >= 4 is 16.9 Å². The van der Waals surface area contributed by atoms with E-state index >= 15 is 0 Å². The minimum Gasteiger partial charge on any atom is -0.490 e. The van der Waals surface area contributed by atoms with Gasteiger partial charge < -0.3 is 19.2 Å². The Morgan fingerprint density at radius 1 is 1.11 bits per heavy atom. The number of H-pyrrole nitrogens is 1. The van der Waals surface area contributed by atoms with Crippen LogP contribution in [0.15, 0.2) is 47.3 Å². The standard InChI is InChI=1S/C21H22N2O5/c1-4-26-18-12-14(10-11-17(18)28-13(3)21(25)27-5-2)19-22-16-9-7-6-8-15(16)20(24)23-19/h6-13H,4-5H2,1-3H3,(H,22,23,24). The summed E-state index contributed by atoms with van der Waals surface area (Å²) < 4.78 is 16.3. The Labute approximate surface area is 162 Å².